The summed E-state index contributed by atoms with van der Waals surface area (Å²) < 4.78 is 5.39. The topological polar surface area (TPSA) is 32.8 Å². The zero-order valence-electron chi connectivity index (χ0n) is 11.7. The smallest absolute Gasteiger partial charge is 0.248 e. The van der Waals surface area contributed by atoms with E-state index in [0.29, 0.717) is 6.04 Å². The molecule has 2 saturated heterocycles. The third kappa shape index (κ3) is 3.69. The number of piperidine rings is 1. The third-order valence-electron chi connectivity index (χ3n) is 3.96. The van der Waals surface area contributed by atoms with Gasteiger partial charge in [-0.2, -0.15) is 0 Å². The van der Waals surface area contributed by atoms with Crippen LogP contribution in [0.15, 0.2) is 0 Å². The number of ether oxygens (including phenoxy) is 1. The maximum atomic E-state index is 12.0. The van der Waals surface area contributed by atoms with Crippen molar-refractivity contribution in [3.8, 4) is 0 Å². The summed E-state index contributed by atoms with van der Waals surface area (Å²) in [6, 6.07) is 0.591. The highest BCUT2D eigenvalue weighted by atomic mass is 16.5. The van der Waals surface area contributed by atoms with E-state index in [-0.39, 0.29) is 18.6 Å². The Morgan fingerprint density at radius 2 is 1.94 bits per heavy atom. The van der Waals surface area contributed by atoms with Gasteiger partial charge >= 0.3 is 0 Å². The van der Waals surface area contributed by atoms with Crippen molar-refractivity contribution in [3.63, 3.8) is 0 Å². The molecule has 0 aromatic carbocycles. The number of carbonyl (C=O) groups is 1. The van der Waals surface area contributed by atoms with E-state index in [0.717, 1.165) is 19.5 Å². The van der Waals surface area contributed by atoms with Crippen molar-refractivity contribution in [2.45, 2.75) is 51.7 Å². The van der Waals surface area contributed by atoms with Crippen LogP contribution < -0.4 is 0 Å². The van der Waals surface area contributed by atoms with Crippen molar-refractivity contribution in [3.05, 3.63) is 0 Å². The lowest BCUT2D eigenvalue weighted by atomic mass is 10.1. The summed E-state index contributed by atoms with van der Waals surface area (Å²) in [5.74, 6) is 0.156. The van der Waals surface area contributed by atoms with E-state index < -0.39 is 0 Å². The van der Waals surface area contributed by atoms with E-state index in [2.05, 4.69) is 4.90 Å². The van der Waals surface area contributed by atoms with E-state index in [1.807, 2.05) is 18.7 Å². The SMILES string of the molecule is CC(C)OCC(=O)N1CCC(N2CCCCC2)C1. The van der Waals surface area contributed by atoms with Crippen LogP contribution in [0.5, 0.6) is 0 Å². The molecule has 2 rings (SSSR count). The van der Waals surface area contributed by atoms with Gasteiger partial charge in [-0.05, 0) is 46.2 Å². The van der Waals surface area contributed by atoms with Gasteiger partial charge in [0.05, 0.1) is 6.10 Å². The lowest BCUT2D eigenvalue weighted by molar-refractivity contribution is -0.136. The number of nitrogens with zero attached hydrogens (tertiary/aromatic N) is 2. The second-order valence-electron chi connectivity index (χ2n) is 5.74. The Hall–Kier alpha value is -0.610. The van der Waals surface area contributed by atoms with Gasteiger partial charge < -0.3 is 9.64 Å². The molecular formula is C14H26N2O2. The van der Waals surface area contributed by atoms with Gasteiger partial charge in [-0.3, -0.25) is 9.69 Å². The molecule has 2 aliphatic rings. The first kappa shape index (κ1) is 13.8. The molecule has 2 heterocycles. The number of carbonyl (C=O) groups excluding carboxylic acids is 1. The molecule has 1 amide bonds. The molecule has 0 aromatic rings. The quantitative estimate of drug-likeness (QED) is 0.762. The Kier molecular flexibility index (Phi) is 5.01. The number of rotatable bonds is 4. The molecule has 1 atom stereocenters. The second-order valence-corrected chi connectivity index (χ2v) is 5.74. The van der Waals surface area contributed by atoms with Gasteiger partial charge in [0, 0.05) is 19.1 Å². The van der Waals surface area contributed by atoms with Crippen LogP contribution in [0.25, 0.3) is 0 Å². The molecule has 0 aromatic heterocycles. The van der Waals surface area contributed by atoms with Crippen LogP contribution in [0.3, 0.4) is 0 Å². The predicted octanol–water partition coefficient (Wildman–Crippen LogP) is 1.50. The number of amides is 1. The number of hydrogen-bond donors (Lipinski definition) is 0. The fraction of sp³-hybridized carbons (Fsp3) is 0.929. The van der Waals surface area contributed by atoms with E-state index in [9.17, 15) is 4.79 Å². The van der Waals surface area contributed by atoms with Crippen molar-refractivity contribution < 1.29 is 9.53 Å². The Balaban J connectivity index is 1.75. The maximum absolute atomic E-state index is 12.0. The fourth-order valence-corrected chi connectivity index (χ4v) is 2.88. The molecule has 0 saturated carbocycles. The summed E-state index contributed by atoms with van der Waals surface area (Å²) in [4.78, 5) is 16.5. The summed E-state index contributed by atoms with van der Waals surface area (Å²) in [6.07, 6.45) is 5.28. The second kappa shape index (κ2) is 6.53. The average molecular weight is 254 g/mol. The van der Waals surface area contributed by atoms with Crippen molar-refractivity contribution in [1.29, 1.82) is 0 Å². The molecule has 4 nitrogen and oxygen atoms in total. The summed E-state index contributed by atoms with van der Waals surface area (Å²) in [7, 11) is 0. The van der Waals surface area contributed by atoms with Crippen LogP contribution in [0.2, 0.25) is 0 Å². The Bertz CT molecular complexity index is 275. The van der Waals surface area contributed by atoms with Crippen LogP contribution >= 0.6 is 0 Å². The van der Waals surface area contributed by atoms with E-state index in [1.165, 1.54) is 32.4 Å². The molecule has 0 aliphatic carbocycles. The average Bonchev–Trinajstić information content (AvgIpc) is 2.86. The van der Waals surface area contributed by atoms with Crippen molar-refractivity contribution in [1.82, 2.24) is 9.80 Å². The summed E-state index contributed by atoms with van der Waals surface area (Å²) in [5, 5.41) is 0. The molecule has 0 spiro atoms. The lowest BCUT2D eigenvalue weighted by Crippen LogP contribution is -2.42. The molecule has 2 aliphatic heterocycles. The molecule has 0 bridgehead atoms. The molecular weight excluding hydrogens is 228 g/mol. The highest BCUT2D eigenvalue weighted by Gasteiger charge is 2.30. The number of hydrogen-bond acceptors (Lipinski definition) is 3. The van der Waals surface area contributed by atoms with Gasteiger partial charge in [0.25, 0.3) is 0 Å². The minimum atomic E-state index is 0.134. The van der Waals surface area contributed by atoms with Crippen molar-refractivity contribution in [2.75, 3.05) is 32.8 Å². The summed E-state index contributed by atoms with van der Waals surface area (Å²) in [5.41, 5.74) is 0. The van der Waals surface area contributed by atoms with Gasteiger partial charge in [0.1, 0.15) is 6.61 Å². The largest absolute Gasteiger partial charge is 0.369 e. The van der Waals surface area contributed by atoms with Gasteiger partial charge in [0.15, 0.2) is 0 Å². The lowest BCUT2D eigenvalue weighted by Gasteiger charge is -2.32. The first-order chi connectivity index (χ1) is 8.66. The van der Waals surface area contributed by atoms with Crippen LogP contribution in [-0.4, -0.2) is 60.6 Å². The van der Waals surface area contributed by atoms with Crippen LogP contribution in [0, 0.1) is 0 Å². The zero-order chi connectivity index (χ0) is 13.0. The standard InChI is InChI=1S/C14H26N2O2/c1-12(2)18-11-14(17)16-9-6-13(10-16)15-7-4-3-5-8-15/h12-13H,3-11H2,1-2H3. The fourth-order valence-electron chi connectivity index (χ4n) is 2.88. The molecule has 4 heteroatoms. The normalized spacial score (nSPS) is 25.9. The first-order valence-electron chi connectivity index (χ1n) is 7.30. The van der Waals surface area contributed by atoms with Crippen molar-refractivity contribution in [2.24, 2.45) is 0 Å². The first-order valence-corrected chi connectivity index (χ1v) is 7.30. The number of likely N-dealkylation sites (tertiary alicyclic amines) is 2. The predicted molar refractivity (Wildman–Crippen MR) is 71.5 cm³/mol. The van der Waals surface area contributed by atoms with Gasteiger partial charge in [-0.1, -0.05) is 6.42 Å². The van der Waals surface area contributed by atoms with Crippen LogP contribution in [0.4, 0.5) is 0 Å². The van der Waals surface area contributed by atoms with E-state index >= 15 is 0 Å². The Morgan fingerprint density at radius 3 is 2.61 bits per heavy atom. The Morgan fingerprint density at radius 1 is 1.22 bits per heavy atom. The van der Waals surface area contributed by atoms with E-state index in [1.54, 1.807) is 0 Å². The highest BCUT2D eigenvalue weighted by molar-refractivity contribution is 5.77. The molecule has 0 N–H and O–H groups in total. The van der Waals surface area contributed by atoms with E-state index in [4.69, 9.17) is 4.74 Å². The maximum Gasteiger partial charge on any atom is 0.248 e. The monoisotopic (exact) mass is 254 g/mol. The third-order valence-corrected chi connectivity index (χ3v) is 3.96. The zero-order valence-corrected chi connectivity index (χ0v) is 11.7. The summed E-state index contributed by atoms with van der Waals surface area (Å²) in [6.45, 7) is 8.41. The molecule has 2 fully saturated rings. The van der Waals surface area contributed by atoms with Crippen LogP contribution in [-0.2, 0) is 9.53 Å². The molecule has 104 valence electrons. The molecule has 18 heavy (non-hydrogen) atoms. The Labute approximate surface area is 110 Å². The van der Waals surface area contributed by atoms with Gasteiger partial charge in [-0.25, -0.2) is 0 Å². The summed E-state index contributed by atoms with van der Waals surface area (Å²) >= 11 is 0. The molecule has 1 unspecified atom stereocenters. The minimum Gasteiger partial charge on any atom is -0.369 e. The minimum absolute atomic E-state index is 0.134. The van der Waals surface area contributed by atoms with Crippen molar-refractivity contribution >= 4 is 5.91 Å². The van der Waals surface area contributed by atoms with Crippen LogP contribution in [0.1, 0.15) is 39.5 Å². The van der Waals surface area contributed by atoms with Gasteiger partial charge in [-0.15, -0.1) is 0 Å². The molecule has 0 radical (unpaired) electrons. The highest BCUT2D eigenvalue weighted by Crippen LogP contribution is 2.20. The van der Waals surface area contributed by atoms with Gasteiger partial charge in [0.2, 0.25) is 5.91 Å².